The topological polar surface area (TPSA) is 77.4 Å². The zero-order valence-corrected chi connectivity index (χ0v) is 20.3. The van der Waals surface area contributed by atoms with Crippen molar-refractivity contribution in [2.24, 2.45) is 11.8 Å². The van der Waals surface area contributed by atoms with Crippen molar-refractivity contribution in [3.63, 3.8) is 0 Å². The lowest BCUT2D eigenvalue weighted by molar-refractivity contribution is -0.153. The molecule has 2 aromatic carbocycles. The first-order valence-corrected chi connectivity index (χ1v) is 12.4. The quantitative estimate of drug-likeness (QED) is 0.374. The fourth-order valence-electron chi connectivity index (χ4n) is 5.72. The molecule has 10 heteroatoms. The molecule has 2 fully saturated rings. The Morgan fingerprint density at radius 1 is 1.03 bits per heavy atom. The van der Waals surface area contributed by atoms with E-state index in [1.807, 2.05) is 71.2 Å². The molecule has 5 aromatic rings. The first-order chi connectivity index (χ1) is 17.9. The van der Waals surface area contributed by atoms with Crippen LogP contribution in [0.5, 0.6) is 0 Å². The number of nitrogens with one attached hydrogen (secondary N) is 2. The summed E-state index contributed by atoms with van der Waals surface area (Å²) < 4.78 is 31.4. The van der Waals surface area contributed by atoms with Crippen molar-refractivity contribution in [2.75, 3.05) is 43.4 Å². The summed E-state index contributed by atoms with van der Waals surface area (Å²) in [5.41, 5.74) is 5.23. The second kappa shape index (κ2) is 8.24. The molecular formula is C27H26F2N8. The predicted octanol–water partition coefficient (Wildman–Crippen LogP) is 4.65. The summed E-state index contributed by atoms with van der Waals surface area (Å²) in [6.07, 6.45) is 7.38. The number of nitrogens with zero attached hydrogens (tertiary/aromatic N) is 6. The Bertz CT molecular complexity index is 1570. The van der Waals surface area contributed by atoms with Gasteiger partial charge in [0.05, 0.1) is 29.2 Å². The van der Waals surface area contributed by atoms with Crippen LogP contribution in [-0.2, 0) is 0 Å². The van der Waals surface area contributed by atoms with Crippen molar-refractivity contribution in [3.05, 3.63) is 67.3 Å². The number of benzene rings is 2. The fraction of sp³-hybridized carbons (Fsp3) is 0.296. The van der Waals surface area contributed by atoms with Crippen LogP contribution in [0, 0.1) is 11.8 Å². The van der Waals surface area contributed by atoms with Crippen LogP contribution in [0.25, 0.3) is 27.8 Å². The van der Waals surface area contributed by atoms with Gasteiger partial charge in [-0.2, -0.15) is 5.10 Å². The predicted molar refractivity (Wildman–Crippen MR) is 139 cm³/mol. The van der Waals surface area contributed by atoms with Crippen LogP contribution in [0.3, 0.4) is 0 Å². The maximum atomic E-state index is 14.7. The third kappa shape index (κ3) is 3.79. The average molecular weight is 501 g/mol. The second-order valence-electron chi connectivity index (χ2n) is 10.2. The highest BCUT2D eigenvalue weighted by atomic mass is 19.3. The second-order valence-corrected chi connectivity index (χ2v) is 10.2. The molecule has 0 saturated carbocycles. The number of fused-ring (bicyclic) bond motifs is 4. The van der Waals surface area contributed by atoms with Gasteiger partial charge in [-0.1, -0.05) is 12.1 Å². The number of likely N-dealkylation sites (tertiary alicyclic amines) is 1. The number of hydrogen-bond acceptors (Lipinski definition) is 6. The zero-order chi connectivity index (χ0) is 25.1. The number of hydrogen-bond donors (Lipinski definition) is 2. The molecule has 3 aromatic heterocycles. The number of alkyl halides is 2. The largest absolute Gasteiger partial charge is 0.370 e. The van der Waals surface area contributed by atoms with Crippen molar-refractivity contribution < 1.29 is 8.78 Å². The van der Waals surface area contributed by atoms with E-state index in [1.165, 1.54) is 0 Å². The lowest BCUT2D eigenvalue weighted by Crippen LogP contribution is -2.63. The fourth-order valence-corrected chi connectivity index (χ4v) is 5.72. The van der Waals surface area contributed by atoms with Gasteiger partial charge in [0.15, 0.2) is 11.5 Å². The van der Waals surface area contributed by atoms with Gasteiger partial charge in [0.1, 0.15) is 0 Å². The van der Waals surface area contributed by atoms with E-state index in [0.717, 1.165) is 33.5 Å². The van der Waals surface area contributed by atoms with Gasteiger partial charge in [-0.05, 0) is 37.4 Å². The molecular weight excluding hydrogens is 474 g/mol. The van der Waals surface area contributed by atoms with Crippen molar-refractivity contribution >= 4 is 33.7 Å². The maximum Gasteiger partial charge on any atom is 0.259 e. The molecule has 0 amide bonds. The SMILES string of the molecule is CN1C[C@@H]2CN(c3ccc(Nc4nc(-c5ccc6cn[nH]c6c5)cn5ccnc45)cc3)C[C@@H](C1)C2(F)F. The highest BCUT2D eigenvalue weighted by molar-refractivity contribution is 5.84. The van der Waals surface area contributed by atoms with Gasteiger partial charge in [0.25, 0.3) is 5.92 Å². The lowest BCUT2D eigenvalue weighted by atomic mass is 9.80. The van der Waals surface area contributed by atoms with E-state index in [1.54, 1.807) is 12.4 Å². The minimum absolute atomic E-state index is 0.361. The van der Waals surface area contributed by atoms with Gasteiger partial charge < -0.3 is 19.5 Å². The molecule has 37 heavy (non-hydrogen) atoms. The van der Waals surface area contributed by atoms with Gasteiger partial charge in [-0.15, -0.1) is 0 Å². The standard InChI is InChI=1S/C27H26F2N8/c1-35-12-19-14-37(15-20(13-35)27(19,28)29)22-6-4-21(5-7-22)32-25-26-30-8-9-36(26)16-24(33-25)17-2-3-18-11-31-34-23(18)10-17/h2-11,16,19-20H,12-15H2,1H3,(H,31,34)(H,32,33)/t19-,20-/m1/s1. The number of imidazole rings is 1. The zero-order valence-electron chi connectivity index (χ0n) is 20.3. The molecule has 0 unspecified atom stereocenters. The Hall–Kier alpha value is -4.05. The van der Waals surface area contributed by atoms with E-state index in [-0.39, 0.29) is 0 Å². The smallest absolute Gasteiger partial charge is 0.259 e. The van der Waals surface area contributed by atoms with Crippen LogP contribution >= 0.6 is 0 Å². The highest BCUT2D eigenvalue weighted by Crippen LogP contribution is 2.43. The van der Waals surface area contributed by atoms with Gasteiger partial charge in [-0.25, -0.2) is 18.7 Å². The minimum Gasteiger partial charge on any atom is -0.370 e. The molecule has 0 spiro atoms. The first kappa shape index (κ1) is 22.2. The Balaban J connectivity index is 1.15. The number of anilines is 3. The molecule has 8 nitrogen and oxygen atoms in total. The van der Waals surface area contributed by atoms with Gasteiger partial charge >= 0.3 is 0 Å². The normalized spacial score (nSPS) is 21.5. The van der Waals surface area contributed by atoms with E-state index in [2.05, 4.69) is 25.4 Å². The van der Waals surface area contributed by atoms with Crippen LogP contribution in [0.1, 0.15) is 0 Å². The molecule has 2 aliphatic rings. The lowest BCUT2D eigenvalue weighted by Gasteiger charge is -2.50. The molecule has 2 atom stereocenters. The molecule has 2 N–H and O–H groups in total. The van der Waals surface area contributed by atoms with Crippen LogP contribution < -0.4 is 10.2 Å². The minimum atomic E-state index is -2.60. The van der Waals surface area contributed by atoms with Crippen molar-refractivity contribution in [1.82, 2.24) is 29.5 Å². The summed E-state index contributed by atoms with van der Waals surface area (Å²) in [5.74, 6) is -3.26. The van der Waals surface area contributed by atoms with Gasteiger partial charge in [0.2, 0.25) is 0 Å². The number of H-pyrrole nitrogens is 1. The van der Waals surface area contributed by atoms with Crippen LogP contribution in [0.4, 0.5) is 26.0 Å². The molecule has 0 radical (unpaired) electrons. The maximum absolute atomic E-state index is 14.7. The Kier molecular flexibility index (Phi) is 4.94. The van der Waals surface area contributed by atoms with Crippen LogP contribution in [-0.4, -0.2) is 68.6 Å². The number of piperidine rings is 2. The van der Waals surface area contributed by atoms with Crippen molar-refractivity contribution in [1.29, 1.82) is 0 Å². The molecule has 5 heterocycles. The van der Waals surface area contributed by atoms with Crippen molar-refractivity contribution in [2.45, 2.75) is 5.92 Å². The third-order valence-corrected chi connectivity index (χ3v) is 7.64. The molecule has 0 aliphatic carbocycles. The molecule has 7 rings (SSSR count). The Morgan fingerprint density at radius 3 is 2.59 bits per heavy atom. The molecule has 188 valence electrons. The third-order valence-electron chi connectivity index (χ3n) is 7.64. The monoisotopic (exact) mass is 500 g/mol. The van der Waals surface area contributed by atoms with Crippen LogP contribution in [0.2, 0.25) is 0 Å². The summed E-state index contributed by atoms with van der Waals surface area (Å²) in [5, 5.41) is 11.6. The Labute approximate surface area is 211 Å². The van der Waals surface area contributed by atoms with Crippen molar-refractivity contribution in [3.8, 4) is 11.3 Å². The summed E-state index contributed by atoms with van der Waals surface area (Å²) >= 11 is 0. The van der Waals surface area contributed by atoms with Gasteiger partial charge in [-0.3, -0.25) is 5.10 Å². The highest BCUT2D eigenvalue weighted by Gasteiger charge is 2.54. The number of aromatic amines is 1. The van der Waals surface area contributed by atoms with E-state index < -0.39 is 17.8 Å². The van der Waals surface area contributed by atoms with E-state index in [9.17, 15) is 8.78 Å². The van der Waals surface area contributed by atoms with E-state index >= 15 is 0 Å². The van der Waals surface area contributed by atoms with Gasteiger partial charge in [0, 0.05) is 67.1 Å². The Morgan fingerprint density at radius 2 is 1.81 bits per heavy atom. The summed E-state index contributed by atoms with van der Waals surface area (Å²) in [4.78, 5) is 13.5. The average Bonchev–Trinajstić information content (AvgIpc) is 3.54. The van der Waals surface area contributed by atoms with E-state index in [4.69, 9.17) is 4.98 Å². The summed E-state index contributed by atoms with van der Waals surface area (Å²) in [7, 11) is 1.93. The van der Waals surface area contributed by atoms with E-state index in [0.29, 0.717) is 37.6 Å². The summed E-state index contributed by atoms with van der Waals surface area (Å²) in [6.45, 7) is 1.57. The van der Waals surface area contributed by atoms with Crippen LogP contribution in [0.15, 0.2) is 67.3 Å². The molecule has 2 bridgehead atoms. The number of aromatic nitrogens is 5. The first-order valence-electron chi connectivity index (χ1n) is 12.4. The number of halogens is 2. The number of rotatable bonds is 4. The summed E-state index contributed by atoms with van der Waals surface area (Å²) in [6, 6.07) is 14.0. The molecule has 2 aliphatic heterocycles. The molecule has 2 saturated heterocycles.